The Morgan fingerprint density at radius 3 is 2.38 bits per heavy atom. The first-order valence-corrected chi connectivity index (χ1v) is 6.58. The Morgan fingerprint density at radius 1 is 1.31 bits per heavy atom. The van der Waals surface area contributed by atoms with Gasteiger partial charge in [0.25, 0.3) is 0 Å². The molecular weight excluding hydrogens is 196 g/mol. The summed E-state index contributed by atoms with van der Waals surface area (Å²) in [4.78, 5) is 11.9. The molecule has 0 saturated carbocycles. The number of rotatable bonds is 4. The molecule has 1 rings (SSSR count). The summed E-state index contributed by atoms with van der Waals surface area (Å²) in [5.41, 5.74) is 3.33. The van der Waals surface area contributed by atoms with Gasteiger partial charge in [-0.1, -0.05) is 31.9 Å². The normalized spacial score (nSPS) is 26.4. The van der Waals surface area contributed by atoms with Crippen molar-refractivity contribution in [1.82, 2.24) is 0 Å². The van der Waals surface area contributed by atoms with Gasteiger partial charge in [-0.25, -0.2) is 0 Å². The standard InChI is InChI=1S/C15H26O/c1-6-15(10-14(16)11(2)3)8-7-12(4)13(5)9-15/h11H,6-10H2,1-5H3. The van der Waals surface area contributed by atoms with Crippen molar-refractivity contribution in [3.05, 3.63) is 11.1 Å². The molecule has 0 heterocycles. The molecule has 0 N–H and O–H groups in total. The van der Waals surface area contributed by atoms with E-state index in [1.54, 1.807) is 5.57 Å². The van der Waals surface area contributed by atoms with Gasteiger partial charge >= 0.3 is 0 Å². The molecule has 0 bridgehead atoms. The summed E-state index contributed by atoms with van der Waals surface area (Å²) in [6.45, 7) is 10.7. The van der Waals surface area contributed by atoms with E-state index in [2.05, 4.69) is 20.8 Å². The zero-order valence-electron chi connectivity index (χ0n) is 11.5. The second-order valence-corrected chi connectivity index (χ2v) is 5.89. The van der Waals surface area contributed by atoms with Crippen LogP contribution in [-0.4, -0.2) is 5.78 Å². The predicted octanol–water partition coefficient (Wildman–Crippen LogP) is 4.52. The highest BCUT2D eigenvalue weighted by molar-refractivity contribution is 5.81. The zero-order valence-corrected chi connectivity index (χ0v) is 11.5. The van der Waals surface area contributed by atoms with Gasteiger partial charge in [0.15, 0.2) is 0 Å². The highest BCUT2D eigenvalue weighted by atomic mass is 16.1. The molecule has 1 aliphatic rings. The summed E-state index contributed by atoms with van der Waals surface area (Å²) in [5, 5.41) is 0. The van der Waals surface area contributed by atoms with E-state index < -0.39 is 0 Å². The van der Waals surface area contributed by atoms with Crippen LogP contribution in [0.15, 0.2) is 11.1 Å². The molecule has 0 aromatic heterocycles. The summed E-state index contributed by atoms with van der Waals surface area (Å²) in [6.07, 6.45) is 5.44. The van der Waals surface area contributed by atoms with Crippen molar-refractivity contribution in [2.24, 2.45) is 11.3 Å². The Morgan fingerprint density at radius 2 is 1.94 bits per heavy atom. The molecule has 1 atom stereocenters. The molecule has 1 heteroatoms. The maximum atomic E-state index is 11.9. The smallest absolute Gasteiger partial charge is 0.135 e. The number of Topliss-reactive ketones (excluding diaryl/α,β-unsaturated/α-hetero) is 1. The summed E-state index contributed by atoms with van der Waals surface area (Å²) < 4.78 is 0. The fraction of sp³-hybridized carbons (Fsp3) is 0.800. The topological polar surface area (TPSA) is 17.1 Å². The Kier molecular flexibility index (Phi) is 4.35. The largest absolute Gasteiger partial charge is 0.299 e. The average Bonchev–Trinajstić information content (AvgIpc) is 2.23. The van der Waals surface area contributed by atoms with Gasteiger partial charge in [-0.3, -0.25) is 4.79 Å². The van der Waals surface area contributed by atoms with Crippen molar-refractivity contribution in [3.63, 3.8) is 0 Å². The second kappa shape index (κ2) is 5.16. The van der Waals surface area contributed by atoms with Gasteiger partial charge in [-0.2, -0.15) is 0 Å². The SMILES string of the molecule is CCC1(CC(=O)C(C)C)CCC(C)=C(C)C1. The molecule has 16 heavy (non-hydrogen) atoms. The van der Waals surface area contributed by atoms with Gasteiger partial charge in [0.05, 0.1) is 0 Å². The minimum atomic E-state index is 0.190. The summed E-state index contributed by atoms with van der Waals surface area (Å²) >= 11 is 0. The third-order valence-electron chi connectivity index (χ3n) is 4.34. The van der Waals surface area contributed by atoms with E-state index in [0.717, 1.165) is 19.3 Å². The van der Waals surface area contributed by atoms with Crippen LogP contribution in [0.5, 0.6) is 0 Å². The van der Waals surface area contributed by atoms with Crippen molar-refractivity contribution in [2.75, 3.05) is 0 Å². The van der Waals surface area contributed by atoms with Gasteiger partial charge in [-0.05, 0) is 44.9 Å². The molecule has 0 amide bonds. The second-order valence-electron chi connectivity index (χ2n) is 5.89. The van der Waals surface area contributed by atoms with Gasteiger partial charge < -0.3 is 0 Å². The Hall–Kier alpha value is -0.590. The molecule has 0 radical (unpaired) electrons. The van der Waals surface area contributed by atoms with Crippen molar-refractivity contribution in [3.8, 4) is 0 Å². The van der Waals surface area contributed by atoms with Crippen LogP contribution in [0.4, 0.5) is 0 Å². The number of hydrogen-bond donors (Lipinski definition) is 0. The fourth-order valence-electron chi connectivity index (χ4n) is 2.62. The van der Waals surface area contributed by atoms with Crippen molar-refractivity contribution in [2.45, 2.75) is 66.7 Å². The molecule has 1 nitrogen and oxygen atoms in total. The van der Waals surface area contributed by atoms with Crippen molar-refractivity contribution in [1.29, 1.82) is 0 Å². The number of carbonyl (C=O) groups excluding carboxylic acids is 1. The first-order valence-electron chi connectivity index (χ1n) is 6.58. The molecule has 1 unspecified atom stereocenters. The number of carbonyl (C=O) groups is 1. The average molecular weight is 222 g/mol. The molecule has 0 fully saturated rings. The summed E-state index contributed by atoms with van der Waals surface area (Å²) in [6, 6.07) is 0. The monoisotopic (exact) mass is 222 g/mol. The van der Waals surface area contributed by atoms with E-state index in [0.29, 0.717) is 5.78 Å². The summed E-state index contributed by atoms with van der Waals surface area (Å²) in [5.74, 6) is 0.630. The van der Waals surface area contributed by atoms with Crippen molar-refractivity contribution >= 4 is 5.78 Å². The molecular formula is C15H26O. The molecule has 92 valence electrons. The predicted molar refractivity (Wildman–Crippen MR) is 69.4 cm³/mol. The van der Waals surface area contributed by atoms with Crippen molar-refractivity contribution < 1.29 is 4.79 Å². The lowest BCUT2D eigenvalue weighted by molar-refractivity contribution is -0.124. The van der Waals surface area contributed by atoms with Crippen LogP contribution >= 0.6 is 0 Å². The van der Waals surface area contributed by atoms with E-state index >= 15 is 0 Å². The van der Waals surface area contributed by atoms with E-state index in [-0.39, 0.29) is 11.3 Å². The lowest BCUT2D eigenvalue weighted by Crippen LogP contribution is -2.29. The lowest BCUT2D eigenvalue weighted by Gasteiger charge is -2.37. The molecule has 0 saturated heterocycles. The van der Waals surface area contributed by atoms with Gasteiger partial charge in [-0.15, -0.1) is 0 Å². The number of ketones is 1. The lowest BCUT2D eigenvalue weighted by atomic mass is 9.67. The maximum absolute atomic E-state index is 11.9. The van der Waals surface area contributed by atoms with Crippen LogP contribution in [0.25, 0.3) is 0 Å². The first-order chi connectivity index (χ1) is 7.40. The van der Waals surface area contributed by atoms with E-state index in [9.17, 15) is 4.79 Å². The van der Waals surface area contributed by atoms with E-state index in [1.165, 1.54) is 18.4 Å². The van der Waals surface area contributed by atoms with Crippen LogP contribution in [0, 0.1) is 11.3 Å². The van der Waals surface area contributed by atoms with Crippen LogP contribution in [0.1, 0.15) is 66.7 Å². The molecule has 0 aromatic rings. The summed E-state index contributed by atoms with van der Waals surface area (Å²) in [7, 11) is 0. The minimum absolute atomic E-state index is 0.190. The van der Waals surface area contributed by atoms with Gasteiger partial charge in [0.2, 0.25) is 0 Å². The van der Waals surface area contributed by atoms with Crippen LogP contribution in [0.2, 0.25) is 0 Å². The Bertz CT molecular complexity index is 299. The fourth-order valence-corrected chi connectivity index (χ4v) is 2.62. The zero-order chi connectivity index (χ0) is 12.3. The van der Waals surface area contributed by atoms with Crippen LogP contribution < -0.4 is 0 Å². The quantitative estimate of drug-likeness (QED) is 0.639. The third kappa shape index (κ3) is 2.96. The highest BCUT2D eigenvalue weighted by Crippen LogP contribution is 2.44. The Balaban J connectivity index is 2.77. The molecule has 0 spiro atoms. The maximum Gasteiger partial charge on any atom is 0.135 e. The first kappa shape index (κ1) is 13.5. The van der Waals surface area contributed by atoms with Gasteiger partial charge in [0.1, 0.15) is 5.78 Å². The Labute approximate surface area is 100 Å². The van der Waals surface area contributed by atoms with Gasteiger partial charge in [0, 0.05) is 12.3 Å². The van der Waals surface area contributed by atoms with E-state index in [4.69, 9.17) is 0 Å². The molecule has 0 aromatic carbocycles. The minimum Gasteiger partial charge on any atom is -0.299 e. The number of hydrogen-bond acceptors (Lipinski definition) is 1. The third-order valence-corrected chi connectivity index (χ3v) is 4.34. The molecule has 0 aliphatic heterocycles. The number of allylic oxidation sites excluding steroid dienone is 2. The highest BCUT2D eigenvalue weighted by Gasteiger charge is 2.34. The van der Waals surface area contributed by atoms with Crippen LogP contribution in [-0.2, 0) is 4.79 Å². The van der Waals surface area contributed by atoms with E-state index in [1.807, 2.05) is 13.8 Å². The van der Waals surface area contributed by atoms with Crippen LogP contribution in [0.3, 0.4) is 0 Å². The molecule has 1 aliphatic carbocycles.